The first kappa shape index (κ1) is 13.6. The van der Waals surface area contributed by atoms with Crippen LogP contribution in [-0.2, 0) is 0 Å². The van der Waals surface area contributed by atoms with Crippen LogP contribution in [0.1, 0.15) is 48.0 Å². The molecule has 0 atom stereocenters. The first-order valence-electron chi connectivity index (χ1n) is 6.72. The van der Waals surface area contributed by atoms with Crippen LogP contribution in [0.5, 0.6) is 0 Å². The molecule has 1 N–H and O–H groups in total. The quantitative estimate of drug-likeness (QED) is 0.896. The lowest BCUT2D eigenvalue weighted by molar-refractivity contribution is 0.0942. The number of aryl methyl sites for hydroxylation is 1. The number of amides is 1. The Hall–Kier alpha value is -0.830. The van der Waals surface area contributed by atoms with Crippen LogP contribution in [0.15, 0.2) is 22.7 Å². The second kappa shape index (κ2) is 6.37. The molecule has 98 valence electrons. The smallest absolute Gasteiger partial charge is 0.252 e. The number of carbonyl (C=O) groups is 1. The van der Waals surface area contributed by atoms with Gasteiger partial charge in [0.1, 0.15) is 0 Å². The molecule has 18 heavy (non-hydrogen) atoms. The van der Waals surface area contributed by atoms with Gasteiger partial charge in [0.25, 0.3) is 5.91 Å². The molecule has 1 aromatic carbocycles. The number of carbonyl (C=O) groups excluding carboxylic acids is 1. The summed E-state index contributed by atoms with van der Waals surface area (Å²) in [6.45, 7) is 2.82. The summed E-state index contributed by atoms with van der Waals surface area (Å²) in [5, 5.41) is 3.07. The molecular formula is C15H20BrNO. The van der Waals surface area contributed by atoms with E-state index in [0.717, 1.165) is 22.1 Å². The molecule has 1 aromatic rings. The number of halogens is 1. The Morgan fingerprint density at radius 2 is 2.06 bits per heavy atom. The lowest BCUT2D eigenvalue weighted by Gasteiger charge is -2.21. The molecule has 2 nitrogen and oxygen atoms in total. The SMILES string of the molecule is Cc1cccc(C(=O)NCC2CCCCC2)c1Br. The topological polar surface area (TPSA) is 29.1 Å². The van der Waals surface area contributed by atoms with Crippen molar-refractivity contribution in [2.45, 2.75) is 39.0 Å². The third-order valence-electron chi connectivity index (χ3n) is 3.71. The van der Waals surface area contributed by atoms with Crippen LogP contribution in [-0.4, -0.2) is 12.5 Å². The zero-order valence-corrected chi connectivity index (χ0v) is 12.4. The number of nitrogens with one attached hydrogen (secondary N) is 1. The number of rotatable bonds is 3. The van der Waals surface area contributed by atoms with Crippen molar-refractivity contribution in [3.63, 3.8) is 0 Å². The zero-order chi connectivity index (χ0) is 13.0. The number of hydrogen-bond donors (Lipinski definition) is 1. The van der Waals surface area contributed by atoms with Gasteiger partial charge in [-0.15, -0.1) is 0 Å². The van der Waals surface area contributed by atoms with Gasteiger partial charge in [-0.2, -0.15) is 0 Å². The average molecular weight is 310 g/mol. The fraction of sp³-hybridized carbons (Fsp3) is 0.533. The Bertz CT molecular complexity index is 425. The zero-order valence-electron chi connectivity index (χ0n) is 10.8. The summed E-state index contributed by atoms with van der Waals surface area (Å²) in [7, 11) is 0. The van der Waals surface area contributed by atoms with Crippen molar-refractivity contribution in [3.8, 4) is 0 Å². The van der Waals surface area contributed by atoms with E-state index in [0.29, 0.717) is 5.92 Å². The molecular weight excluding hydrogens is 290 g/mol. The van der Waals surface area contributed by atoms with Gasteiger partial charge in [0.15, 0.2) is 0 Å². The Labute approximate surface area is 117 Å². The summed E-state index contributed by atoms with van der Waals surface area (Å²) >= 11 is 3.49. The van der Waals surface area contributed by atoms with E-state index >= 15 is 0 Å². The summed E-state index contributed by atoms with van der Waals surface area (Å²) < 4.78 is 0.908. The normalized spacial score (nSPS) is 16.6. The molecule has 1 aliphatic carbocycles. The van der Waals surface area contributed by atoms with E-state index < -0.39 is 0 Å². The molecule has 1 fully saturated rings. The van der Waals surface area contributed by atoms with Gasteiger partial charge >= 0.3 is 0 Å². The van der Waals surface area contributed by atoms with Crippen LogP contribution >= 0.6 is 15.9 Å². The lowest BCUT2D eigenvalue weighted by Crippen LogP contribution is -2.30. The summed E-state index contributed by atoms with van der Waals surface area (Å²) in [4.78, 5) is 12.1. The second-order valence-electron chi connectivity index (χ2n) is 5.15. The van der Waals surface area contributed by atoms with Crippen molar-refractivity contribution in [3.05, 3.63) is 33.8 Å². The Balaban J connectivity index is 1.93. The maximum absolute atomic E-state index is 12.1. The summed E-state index contributed by atoms with van der Waals surface area (Å²) in [6.07, 6.45) is 6.50. The monoisotopic (exact) mass is 309 g/mol. The van der Waals surface area contributed by atoms with Crippen molar-refractivity contribution < 1.29 is 4.79 Å². The molecule has 0 spiro atoms. The fourth-order valence-electron chi connectivity index (χ4n) is 2.55. The fourth-order valence-corrected chi connectivity index (χ4v) is 2.99. The van der Waals surface area contributed by atoms with Crippen LogP contribution in [0.2, 0.25) is 0 Å². The van der Waals surface area contributed by atoms with E-state index in [1.54, 1.807) is 0 Å². The molecule has 1 amide bonds. The molecule has 1 saturated carbocycles. The molecule has 0 aliphatic heterocycles. The Morgan fingerprint density at radius 1 is 1.33 bits per heavy atom. The molecule has 0 aromatic heterocycles. The van der Waals surface area contributed by atoms with Gasteiger partial charge in [0, 0.05) is 11.0 Å². The van der Waals surface area contributed by atoms with Crippen molar-refractivity contribution >= 4 is 21.8 Å². The van der Waals surface area contributed by atoms with Crippen LogP contribution < -0.4 is 5.32 Å². The second-order valence-corrected chi connectivity index (χ2v) is 5.94. The van der Waals surface area contributed by atoms with E-state index in [1.165, 1.54) is 32.1 Å². The van der Waals surface area contributed by atoms with Crippen LogP contribution in [0.3, 0.4) is 0 Å². The molecule has 0 saturated heterocycles. The maximum Gasteiger partial charge on any atom is 0.252 e. The van der Waals surface area contributed by atoms with Crippen molar-refractivity contribution in [1.29, 1.82) is 0 Å². The molecule has 0 heterocycles. The highest BCUT2D eigenvalue weighted by Gasteiger charge is 2.16. The summed E-state index contributed by atoms with van der Waals surface area (Å²) in [5.41, 5.74) is 1.84. The third kappa shape index (κ3) is 3.35. The van der Waals surface area contributed by atoms with Gasteiger partial charge < -0.3 is 5.32 Å². The minimum absolute atomic E-state index is 0.0381. The largest absolute Gasteiger partial charge is 0.352 e. The maximum atomic E-state index is 12.1. The van der Waals surface area contributed by atoms with Crippen LogP contribution in [0, 0.1) is 12.8 Å². The predicted molar refractivity (Wildman–Crippen MR) is 77.8 cm³/mol. The highest BCUT2D eigenvalue weighted by atomic mass is 79.9. The van der Waals surface area contributed by atoms with E-state index in [9.17, 15) is 4.79 Å². The van der Waals surface area contributed by atoms with Crippen molar-refractivity contribution in [1.82, 2.24) is 5.32 Å². The van der Waals surface area contributed by atoms with Gasteiger partial charge in [-0.1, -0.05) is 31.4 Å². The van der Waals surface area contributed by atoms with Crippen molar-refractivity contribution in [2.24, 2.45) is 5.92 Å². The third-order valence-corrected chi connectivity index (χ3v) is 4.77. The average Bonchev–Trinajstić information content (AvgIpc) is 2.40. The molecule has 0 radical (unpaired) electrons. The van der Waals surface area contributed by atoms with Gasteiger partial charge in [-0.05, 0) is 53.2 Å². The van der Waals surface area contributed by atoms with E-state index in [-0.39, 0.29) is 5.91 Å². The molecule has 0 bridgehead atoms. The molecule has 0 unspecified atom stereocenters. The number of benzene rings is 1. The van der Waals surface area contributed by atoms with Gasteiger partial charge in [-0.25, -0.2) is 0 Å². The van der Waals surface area contributed by atoms with Crippen molar-refractivity contribution in [2.75, 3.05) is 6.54 Å². The summed E-state index contributed by atoms with van der Waals surface area (Å²) in [6, 6.07) is 5.80. The van der Waals surface area contributed by atoms with E-state index in [1.807, 2.05) is 25.1 Å². The molecule has 2 rings (SSSR count). The molecule has 3 heteroatoms. The highest BCUT2D eigenvalue weighted by molar-refractivity contribution is 9.10. The molecule has 1 aliphatic rings. The van der Waals surface area contributed by atoms with Gasteiger partial charge in [0.05, 0.1) is 5.56 Å². The minimum atomic E-state index is 0.0381. The Kier molecular flexibility index (Phi) is 4.81. The number of hydrogen-bond acceptors (Lipinski definition) is 1. The summed E-state index contributed by atoms with van der Waals surface area (Å²) in [5.74, 6) is 0.711. The van der Waals surface area contributed by atoms with E-state index in [4.69, 9.17) is 0 Å². The van der Waals surface area contributed by atoms with Crippen LogP contribution in [0.25, 0.3) is 0 Å². The Morgan fingerprint density at radius 3 is 2.78 bits per heavy atom. The lowest BCUT2D eigenvalue weighted by atomic mass is 9.89. The first-order valence-corrected chi connectivity index (χ1v) is 7.51. The first-order chi connectivity index (χ1) is 8.68. The van der Waals surface area contributed by atoms with Gasteiger partial charge in [0.2, 0.25) is 0 Å². The van der Waals surface area contributed by atoms with E-state index in [2.05, 4.69) is 21.2 Å². The minimum Gasteiger partial charge on any atom is -0.352 e. The van der Waals surface area contributed by atoms with Gasteiger partial charge in [-0.3, -0.25) is 4.79 Å². The predicted octanol–water partition coefficient (Wildman–Crippen LogP) is 4.07. The highest BCUT2D eigenvalue weighted by Crippen LogP contribution is 2.24. The standard InChI is InChI=1S/C15H20BrNO/c1-11-6-5-9-13(14(11)16)15(18)17-10-12-7-3-2-4-8-12/h5-6,9,12H,2-4,7-8,10H2,1H3,(H,17,18). The van der Waals surface area contributed by atoms with Crippen LogP contribution in [0.4, 0.5) is 0 Å².